The molecule has 3 rings (SSSR count). The van der Waals surface area contributed by atoms with Crippen LogP contribution in [0.1, 0.15) is 24.9 Å². The van der Waals surface area contributed by atoms with Crippen LogP contribution in [0.5, 0.6) is 0 Å². The third-order valence-electron chi connectivity index (χ3n) is 3.59. The highest BCUT2D eigenvalue weighted by atomic mass is 32.1. The van der Waals surface area contributed by atoms with Crippen molar-refractivity contribution in [3.05, 3.63) is 59.6 Å². The van der Waals surface area contributed by atoms with Crippen molar-refractivity contribution in [3.63, 3.8) is 0 Å². The summed E-state index contributed by atoms with van der Waals surface area (Å²) in [5.41, 5.74) is 2.57. The number of anilines is 1. The molecular formula is C18H18N4O2S. The van der Waals surface area contributed by atoms with Crippen LogP contribution in [0.25, 0.3) is 11.4 Å². The molecule has 1 atom stereocenters. The van der Waals surface area contributed by atoms with Gasteiger partial charge in [-0.2, -0.15) is 0 Å². The first-order valence-corrected chi connectivity index (χ1v) is 8.71. The van der Waals surface area contributed by atoms with E-state index in [9.17, 15) is 9.59 Å². The number of carbonyl (C=O) groups excluding carboxylic acids is 2. The summed E-state index contributed by atoms with van der Waals surface area (Å²) in [6.07, 6.45) is 1.96. The molecule has 0 aliphatic carbocycles. The fraction of sp³-hybridized carbons (Fsp3) is 0.167. The van der Waals surface area contributed by atoms with Crippen LogP contribution in [-0.4, -0.2) is 21.8 Å². The van der Waals surface area contributed by atoms with Gasteiger partial charge in [0.1, 0.15) is 0 Å². The number of thiazole rings is 1. The first-order chi connectivity index (χ1) is 12.1. The number of H-pyrrole nitrogens is 1. The number of benzene rings is 1. The minimum atomic E-state index is -0.374. The van der Waals surface area contributed by atoms with Gasteiger partial charge < -0.3 is 15.6 Å². The Bertz CT molecular complexity index is 843. The maximum absolute atomic E-state index is 12.4. The van der Waals surface area contributed by atoms with Crippen LogP contribution in [-0.2, 0) is 9.59 Å². The molecule has 0 fully saturated rings. The van der Waals surface area contributed by atoms with Crippen LogP contribution in [0, 0.1) is 0 Å². The van der Waals surface area contributed by atoms with Crippen LogP contribution in [0.15, 0.2) is 54.0 Å². The van der Waals surface area contributed by atoms with Crippen molar-refractivity contribution in [2.45, 2.75) is 19.4 Å². The second-order valence-electron chi connectivity index (χ2n) is 5.54. The van der Waals surface area contributed by atoms with E-state index in [-0.39, 0.29) is 24.3 Å². The Morgan fingerprint density at radius 2 is 2.00 bits per heavy atom. The summed E-state index contributed by atoms with van der Waals surface area (Å²) >= 11 is 1.36. The summed E-state index contributed by atoms with van der Waals surface area (Å²) in [6.45, 7) is 1.44. The summed E-state index contributed by atoms with van der Waals surface area (Å²) in [4.78, 5) is 31.3. The van der Waals surface area contributed by atoms with Crippen LogP contribution in [0.2, 0.25) is 0 Å². The van der Waals surface area contributed by atoms with E-state index in [1.54, 1.807) is 0 Å². The monoisotopic (exact) mass is 354 g/mol. The number of aromatic amines is 1. The van der Waals surface area contributed by atoms with E-state index in [4.69, 9.17) is 0 Å². The van der Waals surface area contributed by atoms with Gasteiger partial charge in [-0.15, -0.1) is 11.3 Å². The average molecular weight is 354 g/mol. The van der Waals surface area contributed by atoms with Crippen molar-refractivity contribution >= 4 is 28.3 Å². The van der Waals surface area contributed by atoms with Crippen LogP contribution < -0.4 is 10.6 Å². The molecule has 0 saturated carbocycles. The fourth-order valence-corrected chi connectivity index (χ4v) is 3.21. The highest BCUT2D eigenvalue weighted by Gasteiger charge is 2.18. The number of hydrogen-bond acceptors (Lipinski definition) is 4. The minimum absolute atomic E-state index is 0.140. The third kappa shape index (κ3) is 4.54. The number of carbonyl (C=O) groups is 2. The van der Waals surface area contributed by atoms with E-state index in [1.807, 2.05) is 54.0 Å². The van der Waals surface area contributed by atoms with Crippen molar-refractivity contribution in [1.29, 1.82) is 0 Å². The molecule has 2 amide bonds. The van der Waals surface area contributed by atoms with Gasteiger partial charge in [-0.3, -0.25) is 9.59 Å². The molecule has 128 valence electrons. The molecule has 0 spiro atoms. The normalized spacial score (nSPS) is 11.7. The number of hydrogen-bond donors (Lipinski definition) is 3. The van der Waals surface area contributed by atoms with Crippen molar-refractivity contribution in [3.8, 4) is 11.4 Å². The summed E-state index contributed by atoms with van der Waals surface area (Å²) in [7, 11) is 0. The Morgan fingerprint density at radius 1 is 1.20 bits per heavy atom. The van der Waals surface area contributed by atoms with Gasteiger partial charge in [0.25, 0.3) is 0 Å². The molecule has 1 aromatic carbocycles. The Labute approximate surface area is 149 Å². The summed E-state index contributed by atoms with van der Waals surface area (Å²) in [5.74, 6) is -0.375. The van der Waals surface area contributed by atoms with Gasteiger partial charge in [-0.05, 0) is 17.7 Å². The molecular weight excluding hydrogens is 336 g/mol. The van der Waals surface area contributed by atoms with E-state index >= 15 is 0 Å². The molecule has 0 unspecified atom stereocenters. The molecule has 0 aliphatic heterocycles. The van der Waals surface area contributed by atoms with Gasteiger partial charge in [-0.1, -0.05) is 30.3 Å². The SMILES string of the molecule is CC(=O)N[C@@H](CC(=O)Nc1nc(-c2ccc[nH]2)cs1)c1ccccc1. The van der Waals surface area contributed by atoms with Crippen molar-refractivity contribution in [1.82, 2.24) is 15.3 Å². The molecule has 6 nitrogen and oxygen atoms in total. The van der Waals surface area contributed by atoms with Gasteiger partial charge in [0, 0.05) is 18.5 Å². The predicted molar refractivity (Wildman–Crippen MR) is 98.1 cm³/mol. The van der Waals surface area contributed by atoms with Gasteiger partial charge >= 0.3 is 0 Å². The molecule has 2 heterocycles. The van der Waals surface area contributed by atoms with E-state index in [2.05, 4.69) is 20.6 Å². The second-order valence-corrected chi connectivity index (χ2v) is 6.40. The molecule has 3 N–H and O–H groups in total. The zero-order valence-corrected chi connectivity index (χ0v) is 14.5. The maximum Gasteiger partial charge on any atom is 0.228 e. The van der Waals surface area contributed by atoms with Crippen LogP contribution in [0.4, 0.5) is 5.13 Å². The zero-order valence-electron chi connectivity index (χ0n) is 13.7. The van der Waals surface area contributed by atoms with Gasteiger partial charge in [0.2, 0.25) is 11.8 Å². The molecule has 0 aliphatic rings. The Balaban J connectivity index is 1.66. The molecule has 7 heteroatoms. The predicted octanol–water partition coefficient (Wildman–Crippen LogP) is 3.34. The molecule has 0 saturated heterocycles. The van der Waals surface area contributed by atoms with Crippen LogP contribution in [0.3, 0.4) is 0 Å². The third-order valence-corrected chi connectivity index (χ3v) is 4.35. The molecule has 2 aromatic heterocycles. The first-order valence-electron chi connectivity index (χ1n) is 7.83. The summed E-state index contributed by atoms with van der Waals surface area (Å²) < 4.78 is 0. The number of aromatic nitrogens is 2. The number of nitrogens with zero attached hydrogens (tertiary/aromatic N) is 1. The fourth-order valence-electron chi connectivity index (χ4n) is 2.48. The lowest BCUT2D eigenvalue weighted by Gasteiger charge is -2.17. The van der Waals surface area contributed by atoms with Crippen molar-refractivity contribution in [2.24, 2.45) is 0 Å². The molecule has 0 radical (unpaired) electrons. The Morgan fingerprint density at radius 3 is 2.68 bits per heavy atom. The lowest BCUT2D eigenvalue weighted by atomic mass is 10.0. The van der Waals surface area contributed by atoms with Gasteiger partial charge in [0.05, 0.1) is 23.9 Å². The molecule has 25 heavy (non-hydrogen) atoms. The maximum atomic E-state index is 12.4. The van der Waals surface area contributed by atoms with E-state index < -0.39 is 0 Å². The Kier molecular flexibility index (Phi) is 5.25. The molecule has 0 bridgehead atoms. The number of nitrogens with one attached hydrogen (secondary N) is 3. The van der Waals surface area contributed by atoms with E-state index in [1.165, 1.54) is 18.3 Å². The largest absolute Gasteiger partial charge is 0.360 e. The number of amides is 2. The Hall–Kier alpha value is -2.93. The minimum Gasteiger partial charge on any atom is -0.360 e. The molecule has 3 aromatic rings. The quantitative estimate of drug-likeness (QED) is 0.634. The van der Waals surface area contributed by atoms with Crippen LogP contribution >= 0.6 is 11.3 Å². The van der Waals surface area contributed by atoms with E-state index in [0.29, 0.717) is 5.13 Å². The second kappa shape index (κ2) is 7.76. The number of rotatable bonds is 6. The average Bonchev–Trinajstić information content (AvgIpc) is 3.26. The first kappa shape index (κ1) is 16.9. The summed E-state index contributed by atoms with van der Waals surface area (Å²) in [5, 5.41) is 8.03. The van der Waals surface area contributed by atoms with Crippen molar-refractivity contribution in [2.75, 3.05) is 5.32 Å². The lowest BCUT2D eigenvalue weighted by Crippen LogP contribution is -2.29. The highest BCUT2D eigenvalue weighted by Crippen LogP contribution is 2.24. The van der Waals surface area contributed by atoms with Gasteiger partial charge in [0.15, 0.2) is 5.13 Å². The van der Waals surface area contributed by atoms with E-state index in [0.717, 1.165) is 17.0 Å². The smallest absolute Gasteiger partial charge is 0.228 e. The van der Waals surface area contributed by atoms with Crippen molar-refractivity contribution < 1.29 is 9.59 Å². The standard InChI is InChI=1S/C18H18N4O2S/c1-12(23)20-15(13-6-3-2-4-7-13)10-17(24)22-18-21-16(11-25-18)14-8-5-9-19-14/h2-9,11,15,19H,10H2,1H3,(H,20,23)(H,21,22,24)/t15-/m0/s1. The lowest BCUT2D eigenvalue weighted by molar-refractivity contribution is -0.120. The zero-order chi connectivity index (χ0) is 17.6. The summed E-state index contributed by atoms with van der Waals surface area (Å²) in [6, 6.07) is 12.9. The highest BCUT2D eigenvalue weighted by molar-refractivity contribution is 7.14. The topological polar surface area (TPSA) is 86.9 Å². The van der Waals surface area contributed by atoms with Gasteiger partial charge in [-0.25, -0.2) is 4.98 Å².